The Morgan fingerprint density at radius 2 is 1.19 bits per heavy atom. The monoisotopic (exact) mass is 592 g/mol. The second-order valence-corrected chi connectivity index (χ2v) is 10.0. The lowest BCUT2D eigenvalue weighted by Crippen LogP contribution is -2.12. The minimum atomic E-state index is -0.0715. The summed E-state index contributed by atoms with van der Waals surface area (Å²) in [5, 5.41) is 21.1. The highest BCUT2D eigenvalue weighted by Crippen LogP contribution is 2.42. The summed E-state index contributed by atoms with van der Waals surface area (Å²) in [6.45, 7) is 4.95. The van der Waals surface area contributed by atoms with Crippen LogP contribution < -0.4 is 28.4 Å². The molecule has 0 aliphatic heterocycles. The van der Waals surface area contributed by atoms with Crippen molar-refractivity contribution in [1.29, 1.82) is 0 Å². The molecule has 3 aromatic rings. The molecule has 0 saturated heterocycles. The molecule has 8 nitrogen and oxygen atoms in total. The summed E-state index contributed by atoms with van der Waals surface area (Å²) in [5.74, 6) is 2.83. The summed E-state index contributed by atoms with van der Waals surface area (Å²) in [7, 11) is 7.60. The largest absolute Gasteiger partial charge is 0.502 e. The number of unbranched alkanes of at least 4 members (excludes halogenated alkanes) is 1. The van der Waals surface area contributed by atoms with Gasteiger partial charge in [0.05, 0.1) is 47.7 Å². The molecule has 0 amide bonds. The Hall–Kier alpha value is -4.46. The second-order valence-electron chi connectivity index (χ2n) is 10.0. The number of aromatic hydroxyl groups is 2. The average molecular weight is 593 g/mol. The molecule has 1 atom stereocenters. The van der Waals surface area contributed by atoms with Gasteiger partial charge in [0.15, 0.2) is 23.0 Å². The molecule has 0 radical (unpaired) electrons. The Balaban J connectivity index is 2.08. The van der Waals surface area contributed by atoms with Crippen molar-refractivity contribution in [2.45, 2.75) is 39.5 Å². The third-order valence-electron chi connectivity index (χ3n) is 7.35. The fourth-order valence-electron chi connectivity index (χ4n) is 4.79. The highest BCUT2D eigenvalue weighted by molar-refractivity contribution is 5.82. The van der Waals surface area contributed by atoms with Crippen molar-refractivity contribution in [1.82, 2.24) is 0 Å². The number of hydrogen-bond donors (Lipinski definition) is 2. The molecule has 0 spiro atoms. The van der Waals surface area contributed by atoms with Crippen LogP contribution in [0.25, 0.3) is 24.3 Å². The first-order valence-corrected chi connectivity index (χ1v) is 14.4. The number of methoxy groups -OCH3 is 5. The van der Waals surface area contributed by atoms with Gasteiger partial charge in [0.25, 0.3) is 0 Å². The van der Waals surface area contributed by atoms with Gasteiger partial charge in [-0.05, 0) is 60.4 Å². The molecule has 1 unspecified atom stereocenters. The van der Waals surface area contributed by atoms with Gasteiger partial charge in [0, 0.05) is 11.1 Å². The minimum absolute atomic E-state index is 0.0630. The smallest absolute Gasteiger partial charge is 0.201 e. The molecule has 3 aromatic carbocycles. The van der Waals surface area contributed by atoms with Crippen molar-refractivity contribution in [3.63, 3.8) is 0 Å². The third-order valence-corrected chi connectivity index (χ3v) is 7.35. The minimum Gasteiger partial charge on any atom is -0.502 e. The van der Waals surface area contributed by atoms with Gasteiger partial charge in [-0.1, -0.05) is 51.3 Å². The zero-order valence-corrected chi connectivity index (χ0v) is 26.2. The molecule has 0 fully saturated rings. The molecule has 0 heterocycles. The molecular weight excluding hydrogens is 548 g/mol. The van der Waals surface area contributed by atoms with Gasteiger partial charge in [0.2, 0.25) is 11.5 Å². The van der Waals surface area contributed by atoms with E-state index < -0.39 is 0 Å². The molecule has 43 heavy (non-hydrogen) atoms. The molecule has 0 aliphatic rings. The van der Waals surface area contributed by atoms with Gasteiger partial charge < -0.3 is 38.6 Å². The van der Waals surface area contributed by atoms with Crippen LogP contribution in [0, 0.1) is 5.92 Å². The Kier molecular flexibility index (Phi) is 12.5. The first kappa shape index (κ1) is 33.0. The van der Waals surface area contributed by atoms with Crippen LogP contribution in [-0.2, 0) is 0 Å². The lowest BCUT2D eigenvalue weighted by molar-refractivity contribution is 0.232. The van der Waals surface area contributed by atoms with Crippen LogP contribution in [0.4, 0.5) is 0 Å². The zero-order valence-electron chi connectivity index (χ0n) is 26.2. The predicted octanol–water partition coefficient (Wildman–Crippen LogP) is 8.08. The average Bonchev–Trinajstić information content (AvgIpc) is 3.03. The van der Waals surface area contributed by atoms with E-state index in [0.29, 0.717) is 58.1 Å². The number of ether oxygens (including phenoxy) is 6. The van der Waals surface area contributed by atoms with Crippen LogP contribution in [0.3, 0.4) is 0 Å². The molecule has 0 saturated carbocycles. The molecule has 3 rings (SSSR count). The second kappa shape index (κ2) is 16.2. The summed E-state index contributed by atoms with van der Waals surface area (Å²) in [6.07, 6.45) is 11.9. The Morgan fingerprint density at radius 1 is 0.651 bits per heavy atom. The van der Waals surface area contributed by atoms with Gasteiger partial charge in [-0.25, -0.2) is 0 Å². The molecular formula is C35H44O8. The Labute approximate surface area is 255 Å². The zero-order chi connectivity index (χ0) is 31.4. The lowest BCUT2D eigenvalue weighted by Gasteiger charge is -2.19. The van der Waals surface area contributed by atoms with Gasteiger partial charge in [-0.3, -0.25) is 0 Å². The van der Waals surface area contributed by atoms with E-state index in [0.717, 1.165) is 36.8 Å². The predicted molar refractivity (Wildman–Crippen MR) is 172 cm³/mol. The van der Waals surface area contributed by atoms with Crippen LogP contribution in [-0.4, -0.2) is 52.4 Å². The van der Waals surface area contributed by atoms with Crippen molar-refractivity contribution in [2.75, 3.05) is 42.2 Å². The summed E-state index contributed by atoms with van der Waals surface area (Å²) >= 11 is 0. The standard InChI is InChI=1S/C35H44O8/c1-8-10-11-23(9-2)22-43-31-21-24(12-13-25-15-18-28(38-3)32(36)34(25)41-6)20-30(40-5)27(31)17-14-26-16-19-29(39-4)33(37)35(26)42-7/h12-21,23,36-37H,8-11,22H2,1-7H3. The Morgan fingerprint density at radius 3 is 1.67 bits per heavy atom. The van der Waals surface area contributed by atoms with E-state index in [2.05, 4.69) is 13.8 Å². The van der Waals surface area contributed by atoms with Gasteiger partial charge in [-0.15, -0.1) is 0 Å². The topological polar surface area (TPSA) is 95.8 Å². The summed E-state index contributed by atoms with van der Waals surface area (Å²) < 4.78 is 33.7. The van der Waals surface area contributed by atoms with Crippen LogP contribution in [0.1, 0.15) is 61.8 Å². The maximum absolute atomic E-state index is 10.6. The van der Waals surface area contributed by atoms with Crippen molar-refractivity contribution < 1.29 is 38.6 Å². The van der Waals surface area contributed by atoms with E-state index in [1.165, 1.54) is 28.4 Å². The van der Waals surface area contributed by atoms with E-state index in [-0.39, 0.29) is 11.5 Å². The fourth-order valence-corrected chi connectivity index (χ4v) is 4.79. The highest BCUT2D eigenvalue weighted by atomic mass is 16.5. The van der Waals surface area contributed by atoms with Crippen molar-refractivity contribution in [3.05, 3.63) is 58.7 Å². The van der Waals surface area contributed by atoms with Gasteiger partial charge in [-0.2, -0.15) is 0 Å². The quantitative estimate of drug-likeness (QED) is 0.161. The van der Waals surface area contributed by atoms with Crippen LogP contribution in [0.2, 0.25) is 0 Å². The number of benzene rings is 3. The fraction of sp³-hybridized carbons (Fsp3) is 0.371. The van der Waals surface area contributed by atoms with E-state index in [1.807, 2.05) is 48.6 Å². The molecule has 2 N–H and O–H groups in total. The van der Waals surface area contributed by atoms with E-state index in [9.17, 15) is 10.2 Å². The normalized spacial score (nSPS) is 12.0. The van der Waals surface area contributed by atoms with E-state index >= 15 is 0 Å². The Bertz CT molecular complexity index is 1410. The number of hydrogen-bond acceptors (Lipinski definition) is 8. The van der Waals surface area contributed by atoms with E-state index in [1.54, 1.807) is 19.2 Å². The van der Waals surface area contributed by atoms with Crippen LogP contribution in [0.15, 0.2) is 36.4 Å². The van der Waals surface area contributed by atoms with E-state index in [4.69, 9.17) is 28.4 Å². The molecule has 0 bridgehead atoms. The third kappa shape index (κ3) is 8.09. The lowest BCUT2D eigenvalue weighted by atomic mass is 10.0. The maximum Gasteiger partial charge on any atom is 0.201 e. The first-order chi connectivity index (χ1) is 20.8. The number of phenolic OH excluding ortho intramolecular Hbond substituents is 2. The summed E-state index contributed by atoms with van der Waals surface area (Å²) in [6, 6.07) is 10.9. The van der Waals surface area contributed by atoms with Crippen molar-refractivity contribution >= 4 is 24.3 Å². The molecule has 0 aliphatic carbocycles. The van der Waals surface area contributed by atoms with Crippen molar-refractivity contribution in [3.8, 4) is 46.0 Å². The van der Waals surface area contributed by atoms with Crippen LogP contribution >= 0.6 is 0 Å². The SMILES string of the molecule is CCCCC(CC)COc1cc(C=Cc2ccc(OC)c(O)c2OC)cc(OC)c1C=Cc1ccc(OC)c(O)c1OC. The van der Waals surface area contributed by atoms with Crippen LogP contribution in [0.5, 0.6) is 46.0 Å². The number of rotatable bonds is 16. The molecule has 0 aromatic heterocycles. The highest BCUT2D eigenvalue weighted by Gasteiger charge is 2.17. The molecule has 8 heteroatoms. The maximum atomic E-state index is 10.6. The van der Waals surface area contributed by atoms with Crippen molar-refractivity contribution in [2.24, 2.45) is 5.92 Å². The number of phenols is 2. The molecule has 232 valence electrons. The summed E-state index contributed by atoms with van der Waals surface area (Å²) in [5.41, 5.74) is 2.94. The van der Waals surface area contributed by atoms with Gasteiger partial charge >= 0.3 is 0 Å². The van der Waals surface area contributed by atoms with Gasteiger partial charge in [0.1, 0.15) is 11.5 Å². The first-order valence-electron chi connectivity index (χ1n) is 14.4. The summed E-state index contributed by atoms with van der Waals surface area (Å²) in [4.78, 5) is 0.